The molecule has 1 aromatic carbocycles. The Kier molecular flexibility index (Phi) is 17.1. The average Bonchev–Trinajstić information content (AvgIpc) is 3.14. The zero-order chi connectivity index (χ0) is 38.6. The minimum Gasteiger partial charge on any atom is -0.480 e. The Balaban J connectivity index is 1.34. The average molecular weight is 736 g/mol. The van der Waals surface area contributed by atoms with Crippen LogP contribution < -0.4 is 43.6 Å². The molecule has 2 heterocycles. The number of ether oxygens (including phenoxy) is 1. The van der Waals surface area contributed by atoms with Gasteiger partial charge in [-0.3, -0.25) is 29.0 Å². The molecule has 3 aromatic rings. The molecule has 2 aromatic heterocycles. The van der Waals surface area contributed by atoms with Gasteiger partial charge in [0, 0.05) is 43.6 Å². The van der Waals surface area contributed by atoms with E-state index in [0.717, 1.165) is 0 Å². The lowest BCUT2D eigenvalue weighted by molar-refractivity contribution is -0.139. The van der Waals surface area contributed by atoms with Crippen LogP contribution in [0.2, 0.25) is 0 Å². The van der Waals surface area contributed by atoms with E-state index in [4.69, 9.17) is 22.6 Å². The normalized spacial score (nSPS) is 11.8. The predicted octanol–water partition coefficient (Wildman–Crippen LogP) is -0.853. The summed E-state index contributed by atoms with van der Waals surface area (Å²) >= 11 is 0. The number of benzene rings is 1. The van der Waals surface area contributed by atoms with Crippen LogP contribution in [-0.4, -0.2) is 99.6 Å². The molecule has 0 saturated heterocycles. The van der Waals surface area contributed by atoms with Crippen molar-refractivity contribution in [3.63, 3.8) is 0 Å². The Labute approximate surface area is 304 Å². The minimum absolute atomic E-state index is 0.0433. The van der Waals surface area contributed by atoms with Crippen molar-refractivity contribution in [1.82, 2.24) is 41.2 Å². The third kappa shape index (κ3) is 14.6. The van der Waals surface area contributed by atoms with Crippen LogP contribution in [-0.2, 0) is 30.5 Å². The van der Waals surface area contributed by atoms with Crippen molar-refractivity contribution in [2.45, 2.75) is 63.6 Å². The molecule has 53 heavy (non-hydrogen) atoms. The van der Waals surface area contributed by atoms with Crippen LogP contribution in [0.4, 0.5) is 11.6 Å². The number of aliphatic carboxylic acids is 1. The molecule has 0 aliphatic carbocycles. The highest BCUT2D eigenvalue weighted by Crippen LogP contribution is 2.12. The van der Waals surface area contributed by atoms with Crippen LogP contribution in [0.5, 0.6) is 0 Å². The number of carboxylic acid groups (broad SMARTS) is 1. The lowest BCUT2D eigenvalue weighted by Gasteiger charge is -2.18. The number of nitrogen functional groups attached to an aromatic ring is 1. The third-order valence-electron chi connectivity index (χ3n) is 7.58. The van der Waals surface area contributed by atoms with Gasteiger partial charge in [0.1, 0.15) is 12.1 Å². The number of amides is 4. The number of carboxylic acids is 1. The van der Waals surface area contributed by atoms with Crippen molar-refractivity contribution in [2.75, 3.05) is 43.9 Å². The van der Waals surface area contributed by atoms with Gasteiger partial charge in [-0.1, -0.05) is 0 Å². The van der Waals surface area contributed by atoms with Crippen molar-refractivity contribution in [1.29, 1.82) is 0 Å². The molecule has 3 rings (SSSR count). The second-order valence-electron chi connectivity index (χ2n) is 11.7. The van der Waals surface area contributed by atoms with Crippen molar-refractivity contribution < 1.29 is 33.8 Å². The number of carbonyl (C=O) groups is 5. The molecular weight excluding hydrogens is 690 g/mol. The topological polar surface area (TPSA) is 299 Å². The van der Waals surface area contributed by atoms with Gasteiger partial charge in [-0.25, -0.2) is 14.8 Å². The summed E-state index contributed by atoms with van der Waals surface area (Å²) in [5.74, 6) is -0.695. The quantitative estimate of drug-likeness (QED) is 0.0423. The summed E-state index contributed by atoms with van der Waals surface area (Å²) in [5.41, 5.74) is 12.0. The van der Waals surface area contributed by atoms with E-state index in [1.165, 1.54) is 18.3 Å². The molecule has 0 spiro atoms. The maximum Gasteiger partial charge on any atom is 0.326 e. The second-order valence-corrected chi connectivity index (χ2v) is 11.7. The molecule has 0 saturated carbocycles. The Hall–Kier alpha value is -6.13. The number of unbranched alkanes of at least 4 members (excludes halogenated alkanes) is 1. The molecule has 19 nitrogen and oxygen atoms in total. The van der Waals surface area contributed by atoms with Gasteiger partial charge in [0.2, 0.25) is 23.7 Å². The summed E-state index contributed by atoms with van der Waals surface area (Å²) in [6.45, 7) is 1.29. The first kappa shape index (κ1) is 41.3. The molecule has 0 bridgehead atoms. The van der Waals surface area contributed by atoms with Gasteiger partial charge in [-0.05, 0) is 56.5 Å². The number of fused-ring (bicyclic) bond motifs is 1. The number of anilines is 2. The lowest BCUT2D eigenvalue weighted by Crippen LogP contribution is -2.47. The number of aromatic amines is 1. The summed E-state index contributed by atoms with van der Waals surface area (Å²) in [5, 5.41) is 23.2. The number of hydrogen-bond acceptors (Lipinski definition) is 13. The maximum absolute atomic E-state index is 12.8. The fourth-order valence-corrected chi connectivity index (χ4v) is 4.80. The van der Waals surface area contributed by atoms with Gasteiger partial charge < -0.3 is 47.9 Å². The number of terminal acetylenes is 1. The summed E-state index contributed by atoms with van der Waals surface area (Å²) in [7, 11) is 0. The van der Waals surface area contributed by atoms with Crippen molar-refractivity contribution in [2.24, 2.45) is 5.73 Å². The van der Waals surface area contributed by atoms with E-state index in [-0.39, 0.29) is 93.0 Å². The molecule has 19 heteroatoms. The lowest BCUT2D eigenvalue weighted by atomic mass is 10.1. The highest BCUT2D eigenvalue weighted by Gasteiger charge is 2.22. The number of carbonyl (C=O) groups excluding carboxylic acids is 4. The first-order valence-corrected chi connectivity index (χ1v) is 16.9. The first-order valence-electron chi connectivity index (χ1n) is 16.9. The maximum atomic E-state index is 12.8. The SMILES string of the molecule is C#CCCC(=O)N[C@H](CCCCN)C(=O)NCCOCCNC(=O)CC[C@@H](NC(=O)c1ccc(NCc2cnc3nc(N)[nH]c(=O)c3n2)cc1)C(=O)O. The molecule has 11 N–H and O–H groups in total. The molecule has 284 valence electrons. The van der Waals surface area contributed by atoms with Gasteiger partial charge in [0.05, 0.1) is 31.6 Å². The number of aromatic nitrogens is 4. The fraction of sp³-hybridized carbons (Fsp3) is 0.441. The number of nitrogens with two attached hydrogens (primary N) is 2. The van der Waals surface area contributed by atoms with E-state index < -0.39 is 35.4 Å². The smallest absolute Gasteiger partial charge is 0.326 e. The van der Waals surface area contributed by atoms with Crippen LogP contribution in [0.1, 0.15) is 61.0 Å². The van der Waals surface area contributed by atoms with Gasteiger partial charge in [0.15, 0.2) is 11.2 Å². The zero-order valence-electron chi connectivity index (χ0n) is 29.1. The third-order valence-corrected chi connectivity index (χ3v) is 7.58. The fourth-order valence-electron chi connectivity index (χ4n) is 4.80. The largest absolute Gasteiger partial charge is 0.480 e. The zero-order valence-corrected chi connectivity index (χ0v) is 29.1. The van der Waals surface area contributed by atoms with E-state index >= 15 is 0 Å². The standard InChI is InChI=1S/C34H45N11O8/c1-2-3-7-27(47)42-24(6-4-5-14-35)31(49)38-16-18-53-17-15-37-26(46)13-12-25(33(51)52)43-30(48)21-8-10-22(11-9-21)39-19-23-20-40-29-28(41-23)32(50)45-34(36)44-29/h1,8-11,20,24-25,39H,3-7,12-19,35H2,(H,37,46)(H,38,49)(H,42,47)(H,43,48)(H,51,52)(H3,36,40,44,45,50)/t24-,25-/m1/s1. The predicted molar refractivity (Wildman–Crippen MR) is 194 cm³/mol. The van der Waals surface area contributed by atoms with Crippen molar-refractivity contribution >= 4 is 52.4 Å². The van der Waals surface area contributed by atoms with E-state index in [9.17, 15) is 33.9 Å². The number of H-pyrrole nitrogens is 1. The van der Waals surface area contributed by atoms with Crippen LogP contribution in [0.3, 0.4) is 0 Å². The van der Waals surface area contributed by atoms with Gasteiger partial charge in [0.25, 0.3) is 11.5 Å². The van der Waals surface area contributed by atoms with Crippen molar-refractivity contribution in [3.8, 4) is 12.3 Å². The van der Waals surface area contributed by atoms with E-state index in [2.05, 4.69) is 52.4 Å². The Morgan fingerprint density at radius 3 is 2.38 bits per heavy atom. The second kappa shape index (κ2) is 21.9. The van der Waals surface area contributed by atoms with Gasteiger partial charge in [-0.2, -0.15) is 4.98 Å². The molecule has 4 amide bonds. The minimum atomic E-state index is -1.31. The highest BCUT2D eigenvalue weighted by atomic mass is 16.5. The number of nitrogens with one attached hydrogen (secondary N) is 6. The molecule has 0 radical (unpaired) electrons. The van der Waals surface area contributed by atoms with Crippen LogP contribution in [0, 0.1) is 12.3 Å². The Morgan fingerprint density at radius 1 is 0.943 bits per heavy atom. The van der Waals surface area contributed by atoms with Crippen molar-refractivity contribution in [3.05, 3.63) is 52.1 Å². The molecular formula is C34H45N11O8. The van der Waals surface area contributed by atoms with Gasteiger partial charge >= 0.3 is 5.97 Å². The monoisotopic (exact) mass is 735 g/mol. The Morgan fingerprint density at radius 2 is 1.68 bits per heavy atom. The van der Waals surface area contributed by atoms with Gasteiger partial charge in [-0.15, -0.1) is 12.3 Å². The first-order chi connectivity index (χ1) is 25.5. The van der Waals surface area contributed by atoms with E-state index in [0.29, 0.717) is 37.2 Å². The van der Waals surface area contributed by atoms with E-state index in [1.54, 1.807) is 12.1 Å². The summed E-state index contributed by atoms with van der Waals surface area (Å²) in [6.07, 6.45) is 8.54. The summed E-state index contributed by atoms with van der Waals surface area (Å²) in [6, 6.07) is 4.20. The number of nitrogens with zero attached hydrogens (tertiary/aromatic N) is 3. The van der Waals surface area contributed by atoms with Crippen LogP contribution >= 0.6 is 0 Å². The van der Waals surface area contributed by atoms with Crippen LogP contribution in [0.15, 0.2) is 35.3 Å². The highest BCUT2D eigenvalue weighted by molar-refractivity contribution is 5.97. The number of hydrogen-bond donors (Lipinski definition) is 9. The Bertz CT molecular complexity index is 1810. The molecule has 0 unspecified atom stereocenters. The molecule has 0 aliphatic heterocycles. The number of rotatable bonds is 23. The van der Waals surface area contributed by atoms with E-state index in [1.807, 2.05) is 0 Å². The summed E-state index contributed by atoms with van der Waals surface area (Å²) in [4.78, 5) is 88.2. The molecule has 2 atom stereocenters. The van der Waals surface area contributed by atoms with Crippen LogP contribution in [0.25, 0.3) is 11.2 Å². The molecule has 0 aliphatic rings. The molecule has 0 fully saturated rings. The summed E-state index contributed by atoms with van der Waals surface area (Å²) < 4.78 is 5.45.